The highest BCUT2D eigenvalue weighted by molar-refractivity contribution is 9.10. The molecule has 5 heteroatoms. The summed E-state index contributed by atoms with van der Waals surface area (Å²) in [5, 5.41) is 3.21. The lowest BCUT2D eigenvalue weighted by molar-refractivity contribution is -0.128. The van der Waals surface area contributed by atoms with Crippen molar-refractivity contribution in [3.63, 3.8) is 0 Å². The molecular weight excluding hydrogens is 392 g/mol. The Labute approximate surface area is 165 Å². The molecule has 1 aromatic rings. The minimum Gasteiger partial charge on any atom is -0.481 e. The van der Waals surface area contributed by atoms with Gasteiger partial charge < -0.3 is 10.1 Å². The normalized spacial score (nSPS) is 21.8. The van der Waals surface area contributed by atoms with E-state index in [1.807, 2.05) is 31.2 Å². The number of nitrogens with one attached hydrogen (secondary N) is 1. The summed E-state index contributed by atoms with van der Waals surface area (Å²) in [4.78, 5) is 15.3. The van der Waals surface area contributed by atoms with Gasteiger partial charge in [-0.2, -0.15) is 0 Å². The molecule has 1 saturated heterocycles. The van der Waals surface area contributed by atoms with Crippen molar-refractivity contribution in [3.8, 4) is 5.75 Å². The Kier molecular flexibility index (Phi) is 6.98. The van der Waals surface area contributed by atoms with E-state index in [0.29, 0.717) is 0 Å². The molecule has 1 aliphatic carbocycles. The quantitative estimate of drug-likeness (QED) is 0.732. The van der Waals surface area contributed by atoms with Gasteiger partial charge in [0, 0.05) is 16.6 Å². The molecule has 26 heavy (non-hydrogen) atoms. The number of carbonyl (C=O) groups is 1. The van der Waals surface area contributed by atoms with Gasteiger partial charge in [0.1, 0.15) is 5.75 Å². The van der Waals surface area contributed by atoms with Gasteiger partial charge in [-0.1, -0.05) is 41.6 Å². The number of amides is 1. The number of benzene rings is 1. The molecule has 0 aromatic heterocycles. The largest absolute Gasteiger partial charge is 0.481 e. The summed E-state index contributed by atoms with van der Waals surface area (Å²) in [6.07, 6.45) is 9.72. The first-order chi connectivity index (χ1) is 12.6. The Morgan fingerprint density at radius 1 is 1.12 bits per heavy atom. The van der Waals surface area contributed by atoms with Crippen molar-refractivity contribution in [2.75, 3.05) is 19.6 Å². The lowest BCUT2D eigenvalue weighted by atomic mass is 9.79. The second kappa shape index (κ2) is 9.23. The predicted molar refractivity (Wildman–Crippen MR) is 108 cm³/mol. The van der Waals surface area contributed by atoms with E-state index in [0.717, 1.165) is 16.8 Å². The fraction of sp³-hybridized carbons (Fsp3) is 0.667. The van der Waals surface area contributed by atoms with Crippen LogP contribution in [0.1, 0.15) is 58.3 Å². The first-order valence-electron chi connectivity index (χ1n) is 10.0. The van der Waals surface area contributed by atoms with Gasteiger partial charge in [0.05, 0.1) is 0 Å². The second-order valence-corrected chi connectivity index (χ2v) is 8.68. The highest BCUT2D eigenvalue weighted by Gasteiger charge is 2.38. The molecule has 2 fully saturated rings. The van der Waals surface area contributed by atoms with Crippen LogP contribution < -0.4 is 10.1 Å². The standard InChI is InChI=1S/C21H31BrN2O2/c1-17(26-19-10-8-18(22)9-11-19)20(25)23-16-21(12-4-2-5-13-21)24-14-6-3-7-15-24/h8-11,17H,2-7,12-16H2,1H3,(H,23,25)/t17-/m0/s1. The maximum atomic E-state index is 12.6. The Bertz CT molecular complexity index is 578. The number of hydrogen-bond acceptors (Lipinski definition) is 3. The molecule has 3 rings (SSSR count). The number of carbonyl (C=O) groups excluding carboxylic acids is 1. The molecule has 144 valence electrons. The molecule has 1 atom stereocenters. The minimum atomic E-state index is -0.488. The van der Waals surface area contributed by atoms with E-state index in [2.05, 4.69) is 26.1 Å². The van der Waals surface area contributed by atoms with Crippen molar-refractivity contribution in [3.05, 3.63) is 28.7 Å². The number of rotatable bonds is 6. The van der Waals surface area contributed by atoms with Crippen LogP contribution in [0.4, 0.5) is 0 Å². The first kappa shape index (κ1) is 19.7. The zero-order valence-corrected chi connectivity index (χ0v) is 17.4. The molecule has 0 unspecified atom stereocenters. The molecule has 1 aliphatic heterocycles. The number of hydrogen-bond donors (Lipinski definition) is 1. The Hall–Kier alpha value is -1.07. The third kappa shape index (κ3) is 5.01. The first-order valence-corrected chi connectivity index (χ1v) is 10.8. The fourth-order valence-electron chi connectivity index (χ4n) is 4.35. The maximum absolute atomic E-state index is 12.6. The molecule has 0 spiro atoms. The van der Waals surface area contributed by atoms with Gasteiger partial charge in [0.15, 0.2) is 6.10 Å². The van der Waals surface area contributed by atoms with Gasteiger partial charge in [0.25, 0.3) is 5.91 Å². The molecular formula is C21H31BrN2O2. The van der Waals surface area contributed by atoms with Crippen LogP contribution in [0.25, 0.3) is 0 Å². The van der Waals surface area contributed by atoms with E-state index in [1.165, 1.54) is 64.5 Å². The Morgan fingerprint density at radius 2 is 1.73 bits per heavy atom. The van der Waals surface area contributed by atoms with Crippen LogP contribution in [-0.2, 0) is 4.79 Å². The molecule has 4 nitrogen and oxygen atoms in total. The van der Waals surface area contributed by atoms with E-state index in [1.54, 1.807) is 0 Å². The lowest BCUT2D eigenvalue weighted by Crippen LogP contribution is -2.58. The predicted octanol–water partition coefficient (Wildman–Crippen LogP) is 4.52. The smallest absolute Gasteiger partial charge is 0.260 e. The molecule has 1 heterocycles. The highest BCUT2D eigenvalue weighted by Crippen LogP contribution is 2.35. The maximum Gasteiger partial charge on any atom is 0.260 e. The number of ether oxygens (including phenoxy) is 1. The van der Waals surface area contributed by atoms with Crippen LogP contribution in [-0.4, -0.2) is 42.1 Å². The average molecular weight is 423 g/mol. The van der Waals surface area contributed by atoms with Crippen molar-refractivity contribution in [2.45, 2.75) is 69.9 Å². The van der Waals surface area contributed by atoms with E-state index in [-0.39, 0.29) is 11.4 Å². The van der Waals surface area contributed by atoms with Crippen LogP contribution in [0.15, 0.2) is 28.7 Å². The van der Waals surface area contributed by atoms with Gasteiger partial charge in [-0.05, 0) is 70.0 Å². The number of piperidine rings is 1. The van der Waals surface area contributed by atoms with Crippen LogP contribution in [0, 0.1) is 0 Å². The summed E-state index contributed by atoms with van der Waals surface area (Å²) in [6.45, 7) is 4.94. The van der Waals surface area contributed by atoms with Crippen molar-refractivity contribution < 1.29 is 9.53 Å². The van der Waals surface area contributed by atoms with Gasteiger partial charge in [0.2, 0.25) is 0 Å². The van der Waals surface area contributed by atoms with Crippen LogP contribution in [0.2, 0.25) is 0 Å². The number of nitrogens with zero attached hydrogens (tertiary/aromatic N) is 1. The van der Waals surface area contributed by atoms with E-state index < -0.39 is 6.10 Å². The third-order valence-electron chi connectivity index (χ3n) is 5.90. The van der Waals surface area contributed by atoms with Crippen molar-refractivity contribution >= 4 is 21.8 Å². The second-order valence-electron chi connectivity index (χ2n) is 7.76. The van der Waals surface area contributed by atoms with E-state index in [9.17, 15) is 4.79 Å². The van der Waals surface area contributed by atoms with Crippen molar-refractivity contribution in [1.82, 2.24) is 10.2 Å². The summed E-state index contributed by atoms with van der Waals surface area (Å²) < 4.78 is 6.81. The lowest BCUT2D eigenvalue weighted by Gasteiger charge is -2.48. The summed E-state index contributed by atoms with van der Waals surface area (Å²) in [7, 11) is 0. The highest BCUT2D eigenvalue weighted by atomic mass is 79.9. The zero-order chi connectivity index (χ0) is 18.4. The molecule has 1 saturated carbocycles. The summed E-state index contributed by atoms with van der Waals surface area (Å²) in [5.74, 6) is 0.703. The molecule has 0 radical (unpaired) electrons. The van der Waals surface area contributed by atoms with Crippen LogP contribution in [0.3, 0.4) is 0 Å². The van der Waals surface area contributed by atoms with Crippen LogP contribution >= 0.6 is 15.9 Å². The summed E-state index contributed by atoms with van der Waals surface area (Å²) in [6, 6.07) is 7.61. The Balaban J connectivity index is 1.57. The van der Waals surface area contributed by atoms with Crippen molar-refractivity contribution in [1.29, 1.82) is 0 Å². The minimum absolute atomic E-state index is 0.0186. The van der Waals surface area contributed by atoms with Crippen molar-refractivity contribution in [2.24, 2.45) is 0 Å². The van der Waals surface area contributed by atoms with Gasteiger partial charge in [-0.15, -0.1) is 0 Å². The van der Waals surface area contributed by atoms with Gasteiger partial charge >= 0.3 is 0 Å². The average Bonchev–Trinajstić information content (AvgIpc) is 2.69. The molecule has 0 bridgehead atoms. The monoisotopic (exact) mass is 422 g/mol. The SMILES string of the molecule is C[C@H](Oc1ccc(Br)cc1)C(=O)NCC1(N2CCCCC2)CCCCC1. The molecule has 1 aromatic carbocycles. The fourth-order valence-corrected chi connectivity index (χ4v) is 4.61. The molecule has 1 amide bonds. The Morgan fingerprint density at radius 3 is 2.38 bits per heavy atom. The van der Waals surface area contributed by atoms with E-state index >= 15 is 0 Å². The van der Waals surface area contributed by atoms with Gasteiger partial charge in [-0.25, -0.2) is 0 Å². The molecule has 1 N–H and O–H groups in total. The van der Waals surface area contributed by atoms with Crippen LogP contribution in [0.5, 0.6) is 5.75 Å². The summed E-state index contributed by atoms with van der Waals surface area (Å²) in [5.41, 5.74) is 0.158. The zero-order valence-electron chi connectivity index (χ0n) is 15.8. The third-order valence-corrected chi connectivity index (χ3v) is 6.43. The number of likely N-dealkylation sites (tertiary alicyclic amines) is 1. The molecule has 2 aliphatic rings. The van der Waals surface area contributed by atoms with Gasteiger partial charge in [-0.3, -0.25) is 9.69 Å². The summed E-state index contributed by atoms with van der Waals surface area (Å²) >= 11 is 3.41. The number of halogens is 1. The van der Waals surface area contributed by atoms with E-state index in [4.69, 9.17) is 4.74 Å². The topological polar surface area (TPSA) is 41.6 Å².